The van der Waals surface area contributed by atoms with Crippen LogP contribution in [0.2, 0.25) is 0 Å². The number of carbonyl (C=O) groups is 1. The van der Waals surface area contributed by atoms with Crippen molar-refractivity contribution in [2.75, 3.05) is 7.11 Å². The highest BCUT2D eigenvalue weighted by atomic mass is 16.5. The van der Waals surface area contributed by atoms with Gasteiger partial charge in [-0.25, -0.2) is 14.7 Å². The van der Waals surface area contributed by atoms with Crippen LogP contribution in [0.25, 0.3) is 11.1 Å². The first-order valence-corrected chi connectivity index (χ1v) is 6.55. The van der Waals surface area contributed by atoms with E-state index >= 15 is 0 Å². The van der Waals surface area contributed by atoms with Crippen LogP contribution in [0.4, 0.5) is 0 Å². The highest BCUT2D eigenvalue weighted by Crippen LogP contribution is 2.22. The summed E-state index contributed by atoms with van der Waals surface area (Å²) in [6.07, 6.45) is -0.383. The van der Waals surface area contributed by atoms with E-state index in [1.165, 1.54) is 7.11 Å². The van der Waals surface area contributed by atoms with Crippen molar-refractivity contribution >= 4 is 5.97 Å². The monoisotopic (exact) mass is 305 g/mol. The van der Waals surface area contributed by atoms with E-state index in [2.05, 4.69) is 9.68 Å². The first-order chi connectivity index (χ1) is 10.4. The number of esters is 1. The lowest BCUT2D eigenvalue weighted by Gasteiger charge is -2.10. The van der Waals surface area contributed by atoms with Crippen LogP contribution in [0.1, 0.15) is 24.3 Å². The molecule has 0 fully saturated rings. The molecule has 0 aliphatic rings. The molecule has 0 aliphatic heterocycles. The van der Waals surface area contributed by atoms with Gasteiger partial charge in [0.25, 0.3) is 5.43 Å². The van der Waals surface area contributed by atoms with Gasteiger partial charge in [0.2, 0.25) is 0 Å². The summed E-state index contributed by atoms with van der Waals surface area (Å²) in [6, 6.07) is 6.35. The fourth-order valence-corrected chi connectivity index (χ4v) is 1.86. The molecule has 116 valence electrons. The largest absolute Gasteiger partial charge is 0.497 e. The number of aromatic nitrogens is 1. The van der Waals surface area contributed by atoms with E-state index in [0.717, 1.165) is 0 Å². The lowest BCUT2D eigenvalue weighted by atomic mass is 10.0. The number of carbonyl (C=O) groups excluding carboxylic acids is 1. The van der Waals surface area contributed by atoms with Crippen molar-refractivity contribution in [1.29, 1.82) is 0 Å². The topological polar surface area (TPSA) is 98.6 Å². The van der Waals surface area contributed by atoms with Crippen molar-refractivity contribution in [3.8, 4) is 16.9 Å². The second-order valence-electron chi connectivity index (χ2n) is 4.75. The summed E-state index contributed by atoms with van der Waals surface area (Å²) in [5.41, 5.74) is -1.93. The molecule has 0 amide bonds. The van der Waals surface area contributed by atoms with Crippen molar-refractivity contribution in [2.24, 2.45) is 0 Å². The zero-order chi connectivity index (χ0) is 16.3. The second kappa shape index (κ2) is 6.30. The normalized spacial score (nSPS) is 10.5. The molecule has 2 rings (SSSR count). The zero-order valence-corrected chi connectivity index (χ0v) is 12.3. The molecule has 0 unspecified atom stereocenters. The van der Waals surface area contributed by atoms with Crippen LogP contribution in [0.5, 0.6) is 5.75 Å². The van der Waals surface area contributed by atoms with Crippen LogP contribution in [0.15, 0.2) is 38.4 Å². The van der Waals surface area contributed by atoms with Crippen molar-refractivity contribution in [1.82, 2.24) is 5.16 Å². The molecule has 1 N–H and O–H groups in total. The Morgan fingerprint density at radius 1 is 1.18 bits per heavy atom. The summed E-state index contributed by atoms with van der Waals surface area (Å²) in [4.78, 5) is 35.6. The van der Waals surface area contributed by atoms with Crippen LogP contribution >= 0.6 is 0 Å². The number of ether oxygens (including phenoxy) is 2. The fourth-order valence-electron chi connectivity index (χ4n) is 1.86. The zero-order valence-electron chi connectivity index (χ0n) is 12.3. The van der Waals surface area contributed by atoms with Crippen LogP contribution in [-0.2, 0) is 4.74 Å². The molecule has 7 heteroatoms. The molecule has 2 aromatic rings. The third-order valence-corrected chi connectivity index (χ3v) is 2.83. The number of methoxy groups -OCH3 is 1. The molecule has 0 bridgehead atoms. The molecular formula is C15H15NO6. The molecular weight excluding hydrogens is 290 g/mol. The quantitative estimate of drug-likeness (QED) is 0.680. The first kappa shape index (κ1) is 15.6. The van der Waals surface area contributed by atoms with Crippen LogP contribution < -0.4 is 15.8 Å². The van der Waals surface area contributed by atoms with Gasteiger partial charge in [0.1, 0.15) is 5.75 Å². The predicted octanol–water partition coefficient (Wildman–Crippen LogP) is 1.57. The summed E-state index contributed by atoms with van der Waals surface area (Å²) in [5, 5.41) is 2.19. The van der Waals surface area contributed by atoms with Gasteiger partial charge in [-0.05, 0) is 31.5 Å². The summed E-state index contributed by atoms with van der Waals surface area (Å²) < 4.78 is 14.6. The minimum atomic E-state index is -1.09. The molecule has 7 nitrogen and oxygen atoms in total. The smallest absolute Gasteiger partial charge is 0.403 e. The van der Waals surface area contributed by atoms with Crippen LogP contribution in [0, 0.1) is 0 Å². The average molecular weight is 305 g/mol. The summed E-state index contributed by atoms with van der Waals surface area (Å²) in [5.74, 6) is -0.198. The number of aromatic amines is 1. The molecule has 1 aromatic carbocycles. The molecule has 0 radical (unpaired) electrons. The van der Waals surface area contributed by atoms with E-state index in [9.17, 15) is 14.4 Å². The van der Waals surface area contributed by atoms with Gasteiger partial charge >= 0.3 is 11.6 Å². The lowest BCUT2D eigenvalue weighted by molar-refractivity contribution is 0.0361. The molecule has 0 atom stereocenters. The van der Waals surface area contributed by atoms with Crippen molar-refractivity contribution < 1.29 is 18.8 Å². The second-order valence-corrected chi connectivity index (χ2v) is 4.75. The third-order valence-electron chi connectivity index (χ3n) is 2.83. The Morgan fingerprint density at radius 3 is 2.36 bits per heavy atom. The van der Waals surface area contributed by atoms with Gasteiger partial charge in [0, 0.05) is 0 Å². The van der Waals surface area contributed by atoms with Crippen molar-refractivity contribution in [3.63, 3.8) is 0 Å². The Kier molecular flexibility index (Phi) is 4.45. The number of H-pyrrole nitrogens is 1. The third kappa shape index (κ3) is 3.08. The maximum atomic E-state index is 12.1. The van der Waals surface area contributed by atoms with Gasteiger partial charge in [0.15, 0.2) is 5.69 Å². The maximum Gasteiger partial charge on any atom is 0.403 e. The minimum Gasteiger partial charge on any atom is -0.497 e. The van der Waals surface area contributed by atoms with Crippen LogP contribution in [0.3, 0.4) is 0 Å². The summed E-state index contributed by atoms with van der Waals surface area (Å²) >= 11 is 0. The molecule has 1 aromatic heterocycles. The molecule has 0 spiro atoms. The van der Waals surface area contributed by atoms with E-state index in [4.69, 9.17) is 9.47 Å². The highest BCUT2D eigenvalue weighted by molar-refractivity contribution is 5.94. The predicted molar refractivity (Wildman–Crippen MR) is 78.1 cm³/mol. The van der Waals surface area contributed by atoms with Gasteiger partial charge in [-0.1, -0.05) is 12.1 Å². The minimum absolute atomic E-state index is 0.0930. The lowest BCUT2D eigenvalue weighted by Crippen LogP contribution is -2.29. The van der Waals surface area contributed by atoms with Gasteiger partial charge < -0.3 is 14.0 Å². The first-order valence-electron chi connectivity index (χ1n) is 6.55. The van der Waals surface area contributed by atoms with E-state index in [0.29, 0.717) is 11.3 Å². The Balaban J connectivity index is 2.61. The van der Waals surface area contributed by atoms with E-state index in [1.807, 2.05) is 0 Å². The van der Waals surface area contributed by atoms with Crippen LogP contribution in [-0.4, -0.2) is 24.3 Å². The molecule has 0 aliphatic carbocycles. The number of hydrogen-bond donors (Lipinski definition) is 1. The van der Waals surface area contributed by atoms with Gasteiger partial charge in [-0.3, -0.25) is 4.79 Å². The maximum absolute atomic E-state index is 12.1. The number of hydrogen-bond acceptors (Lipinski definition) is 6. The summed E-state index contributed by atoms with van der Waals surface area (Å²) in [6.45, 7) is 3.34. The Hall–Kier alpha value is -2.83. The standard InChI is InChI=1S/C15H15NO6/c1-8(2)21-14(18)12-11(13(17)15(19)22-16-12)9-4-6-10(20-3)7-5-9/h4-8,16H,1-3H3. The summed E-state index contributed by atoms with van der Waals surface area (Å²) in [7, 11) is 1.50. The Bertz CT molecular complexity index is 785. The number of rotatable bonds is 4. The molecule has 0 saturated heterocycles. The Labute approximate surface area is 125 Å². The van der Waals surface area contributed by atoms with E-state index in [-0.39, 0.29) is 17.4 Å². The van der Waals surface area contributed by atoms with Crippen molar-refractivity contribution in [3.05, 3.63) is 50.6 Å². The SMILES string of the molecule is COc1ccc(-c2c(C(=O)OC(C)C)[nH]oc(=O)c2=O)cc1. The van der Waals surface area contributed by atoms with E-state index in [1.54, 1.807) is 38.1 Å². The van der Waals surface area contributed by atoms with Gasteiger partial charge in [0.05, 0.1) is 18.8 Å². The molecule has 0 saturated carbocycles. The van der Waals surface area contributed by atoms with E-state index < -0.39 is 17.0 Å². The number of benzene rings is 1. The van der Waals surface area contributed by atoms with Gasteiger partial charge in [-0.15, -0.1) is 0 Å². The highest BCUT2D eigenvalue weighted by Gasteiger charge is 2.22. The molecule has 22 heavy (non-hydrogen) atoms. The average Bonchev–Trinajstić information content (AvgIpc) is 2.49. The fraction of sp³-hybridized carbons (Fsp3) is 0.267. The molecule has 1 heterocycles. The Morgan fingerprint density at radius 2 is 1.82 bits per heavy atom. The van der Waals surface area contributed by atoms with Crippen molar-refractivity contribution in [2.45, 2.75) is 20.0 Å². The number of nitrogens with one attached hydrogen (secondary N) is 1. The van der Waals surface area contributed by atoms with Gasteiger partial charge in [-0.2, -0.15) is 0 Å².